The van der Waals surface area contributed by atoms with Gasteiger partial charge in [0.1, 0.15) is 18.5 Å². The van der Waals surface area contributed by atoms with Crippen molar-refractivity contribution in [3.63, 3.8) is 0 Å². The van der Waals surface area contributed by atoms with E-state index in [0.717, 1.165) is 35.3 Å². The van der Waals surface area contributed by atoms with Crippen LogP contribution in [0.5, 0.6) is 5.75 Å². The minimum Gasteiger partial charge on any atom is -0.489 e. The summed E-state index contributed by atoms with van der Waals surface area (Å²) in [5.74, 6) is 6.91. The van der Waals surface area contributed by atoms with Crippen LogP contribution in [-0.2, 0) is 17.4 Å². The number of carbonyl (C=O) groups excluding carboxylic acids is 1. The summed E-state index contributed by atoms with van der Waals surface area (Å²) < 4.78 is 6.48. The van der Waals surface area contributed by atoms with Gasteiger partial charge < -0.3 is 14.7 Å². The maximum Gasteiger partial charge on any atom is 0.253 e. The van der Waals surface area contributed by atoms with Gasteiger partial charge in [0, 0.05) is 30.3 Å². The quantitative estimate of drug-likeness (QED) is 0.351. The molecule has 1 N–H and O–H groups in total. The van der Waals surface area contributed by atoms with Crippen LogP contribution in [-0.4, -0.2) is 29.5 Å². The van der Waals surface area contributed by atoms with Crippen molar-refractivity contribution in [2.24, 2.45) is 0 Å². The predicted octanol–water partition coefficient (Wildman–Crippen LogP) is 7.10. The average Bonchev–Trinajstić information content (AvgIpc) is 2.93. The smallest absolute Gasteiger partial charge is 0.253 e. The number of amides is 1. The molecule has 4 rings (SSSR count). The summed E-state index contributed by atoms with van der Waals surface area (Å²) in [6.07, 6.45) is 1.17. The van der Waals surface area contributed by atoms with E-state index in [-0.39, 0.29) is 16.7 Å². The Morgan fingerprint density at radius 2 is 1.64 bits per heavy atom. The molecule has 0 radical (unpaired) electrons. The highest BCUT2D eigenvalue weighted by atomic mass is 16.5. The van der Waals surface area contributed by atoms with Crippen molar-refractivity contribution in [2.75, 3.05) is 13.6 Å². The zero-order valence-corrected chi connectivity index (χ0v) is 24.4. The van der Waals surface area contributed by atoms with Gasteiger partial charge in [0.2, 0.25) is 0 Å². The highest BCUT2D eigenvalue weighted by Crippen LogP contribution is 2.50. The van der Waals surface area contributed by atoms with E-state index in [0.29, 0.717) is 18.7 Å². The third-order valence-corrected chi connectivity index (χ3v) is 8.04. The Labute approximate surface area is 234 Å². The van der Waals surface area contributed by atoms with Gasteiger partial charge >= 0.3 is 0 Å². The fourth-order valence-electron chi connectivity index (χ4n) is 5.17. The Morgan fingerprint density at radius 3 is 2.28 bits per heavy atom. The normalized spacial score (nSPS) is 15.9. The summed E-state index contributed by atoms with van der Waals surface area (Å²) >= 11 is 0. The van der Waals surface area contributed by atoms with Gasteiger partial charge in [-0.05, 0) is 84.5 Å². The molecule has 1 amide bonds. The van der Waals surface area contributed by atoms with Crippen LogP contribution in [0.4, 0.5) is 0 Å². The molecule has 1 unspecified atom stereocenters. The molecule has 3 aromatic rings. The Bertz CT molecular complexity index is 1390. The van der Waals surface area contributed by atoms with Crippen LogP contribution < -0.4 is 4.74 Å². The van der Waals surface area contributed by atoms with Gasteiger partial charge in [-0.1, -0.05) is 75.4 Å². The van der Waals surface area contributed by atoms with E-state index in [1.54, 1.807) is 24.1 Å². The maximum absolute atomic E-state index is 12.4. The van der Waals surface area contributed by atoms with Gasteiger partial charge in [0.25, 0.3) is 5.91 Å². The van der Waals surface area contributed by atoms with Gasteiger partial charge in [-0.2, -0.15) is 0 Å². The van der Waals surface area contributed by atoms with Crippen molar-refractivity contribution in [2.45, 2.75) is 77.9 Å². The summed E-state index contributed by atoms with van der Waals surface area (Å²) in [6, 6.07) is 19.7. The molecular weight excluding hydrogens is 482 g/mol. The van der Waals surface area contributed by atoms with Crippen molar-refractivity contribution in [1.82, 2.24) is 4.90 Å². The van der Waals surface area contributed by atoms with E-state index in [4.69, 9.17) is 4.74 Å². The van der Waals surface area contributed by atoms with Crippen LogP contribution in [0.1, 0.15) is 97.3 Å². The summed E-state index contributed by atoms with van der Waals surface area (Å²) in [7, 11) is 1.78. The minimum atomic E-state index is -0.967. The molecule has 0 fully saturated rings. The molecule has 4 heteroatoms. The average molecular weight is 524 g/mol. The van der Waals surface area contributed by atoms with Crippen LogP contribution in [0.15, 0.2) is 60.7 Å². The lowest BCUT2D eigenvalue weighted by Gasteiger charge is -2.43. The van der Waals surface area contributed by atoms with Crippen LogP contribution in [0.3, 0.4) is 0 Å². The lowest BCUT2D eigenvalue weighted by atomic mass is 9.62. The van der Waals surface area contributed by atoms with Gasteiger partial charge in [-0.25, -0.2) is 0 Å². The highest BCUT2D eigenvalue weighted by Gasteiger charge is 2.40. The Balaban J connectivity index is 1.66. The fraction of sp³-hybridized carbons (Fsp3) is 0.400. The monoisotopic (exact) mass is 523 g/mol. The molecule has 1 aliphatic carbocycles. The Hall–Kier alpha value is -3.55. The molecular formula is C35H41NO3. The Kier molecular flexibility index (Phi) is 8.23. The third-order valence-electron chi connectivity index (χ3n) is 8.04. The topological polar surface area (TPSA) is 49.8 Å². The number of hydrogen-bond donors (Lipinski definition) is 1. The zero-order chi connectivity index (χ0) is 28.4. The molecule has 39 heavy (non-hydrogen) atoms. The lowest BCUT2D eigenvalue weighted by molar-refractivity contribution is 0.0802. The van der Waals surface area contributed by atoms with Gasteiger partial charge in [0.15, 0.2) is 0 Å². The largest absolute Gasteiger partial charge is 0.489 e. The van der Waals surface area contributed by atoms with Crippen LogP contribution in [0.2, 0.25) is 0 Å². The van der Waals surface area contributed by atoms with Gasteiger partial charge in [0.05, 0.1) is 0 Å². The number of aliphatic hydroxyl groups is 1. The van der Waals surface area contributed by atoms with Crippen LogP contribution >= 0.6 is 0 Å². The first-order chi connectivity index (χ1) is 18.4. The van der Waals surface area contributed by atoms with E-state index in [1.807, 2.05) is 25.1 Å². The number of rotatable bonds is 6. The van der Waals surface area contributed by atoms with Crippen molar-refractivity contribution in [3.8, 4) is 17.6 Å². The second kappa shape index (κ2) is 11.3. The van der Waals surface area contributed by atoms with E-state index in [2.05, 4.69) is 76.8 Å². The van der Waals surface area contributed by atoms with Gasteiger partial charge in [-0.15, -0.1) is 0 Å². The van der Waals surface area contributed by atoms with Crippen LogP contribution in [0, 0.1) is 18.8 Å². The molecule has 0 saturated carbocycles. The molecule has 204 valence electrons. The van der Waals surface area contributed by atoms with E-state index >= 15 is 0 Å². The second-order valence-electron chi connectivity index (χ2n) is 12.1. The fourth-order valence-corrected chi connectivity index (χ4v) is 5.17. The Morgan fingerprint density at radius 1 is 1.00 bits per heavy atom. The molecule has 1 aliphatic rings. The number of benzene rings is 3. The van der Waals surface area contributed by atoms with Crippen molar-refractivity contribution in [3.05, 3.63) is 99.6 Å². The molecule has 1 atom stereocenters. The number of carbonyl (C=O) groups is 1. The standard InChI is InChI=1S/C35H41NO3/c1-8-36(7)33(38)27-16-13-25(14-17-27)15-18-30(37)28-21-29-32(35(5,6)20-19-34(29,3)4)31(22-28)39-23-26-11-9-24(2)10-12-26/h9-14,16-17,21-22,30,37H,8,19-20,23H2,1-7H3. The van der Waals surface area contributed by atoms with Crippen molar-refractivity contribution < 1.29 is 14.6 Å². The van der Waals surface area contributed by atoms with Crippen molar-refractivity contribution in [1.29, 1.82) is 0 Å². The SMILES string of the molecule is CCN(C)C(=O)c1ccc(C#CC(O)c2cc(OCc3ccc(C)cc3)c3c(c2)C(C)(C)CCC3(C)C)cc1. The number of aliphatic hydroxyl groups excluding tert-OH is 1. The highest BCUT2D eigenvalue weighted by molar-refractivity contribution is 5.94. The lowest BCUT2D eigenvalue weighted by Crippen LogP contribution is -2.34. The molecule has 0 heterocycles. The van der Waals surface area contributed by atoms with Crippen LogP contribution in [0.25, 0.3) is 0 Å². The number of hydrogen-bond acceptors (Lipinski definition) is 3. The number of nitrogens with zero attached hydrogens (tertiary/aromatic N) is 1. The van der Waals surface area contributed by atoms with E-state index in [9.17, 15) is 9.90 Å². The minimum absolute atomic E-state index is 0.0187. The van der Waals surface area contributed by atoms with E-state index < -0.39 is 6.10 Å². The van der Waals surface area contributed by atoms with Gasteiger partial charge in [-0.3, -0.25) is 4.79 Å². The summed E-state index contributed by atoms with van der Waals surface area (Å²) in [5, 5.41) is 11.2. The molecule has 0 spiro atoms. The molecule has 3 aromatic carbocycles. The number of fused-ring (bicyclic) bond motifs is 1. The predicted molar refractivity (Wildman–Crippen MR) is 158 cm³/mol. The summed E-state index contributed by atoms with van der Waals surface area (Å²) in [4.78, 5) is 14.1. The molecule has 0 bridgehead atoms. The summed E-state index contributed by atoms with van der Waals surface area (Å²) in [6.45, 7) is 14.2. The molecule has 0 aromatic heterocycles. The van der Waals surface area contributed by atoms with E-state index in [1.165, 1.54) is 16.7 Å². The number of aryl methyl sites for hydroxylation is 1. The summed E-state index contributed by atoms with van der Waals surface area (Å²) in [5.41, 5.74) is 6.82. The van der Waals surface area contributed by atoms with Crippen molar-refractivity contribution >= 4 is 5.91 Å². The molecule has 0 aliphatic heterocycles. The molecule has 0 saturated heterocycles. The number of ether oxygens (including phenoxy) is 1. The first-order valence-electron chi connectivity index (χ1n) is 13.8. The maximum atomic E-state index is 12.4. The zero-order valence-electron chi connectivity index (χ0n) is 24.4. The second-order valence-corrected chi connectivity index (χ2v) is 12.1. The first-order valence-corrected chi connectivity index (χ1v) is 13.8. The molecule has 4 nitrogen and oxygen atoms in total. The first kappa shape index (κ1) is 28.5. The third kappa shape index (κ3) is 6.37.